The molecule has 0 rings (SSSR count). The van der Waals surface area contributed by atoms with Crippen LogP contribution in [0.15, 0.2) is 0 Å². The minimum atomic E-state index is -4.34. The Hall–Kier alpha value is -0.990. The number of carbonyl (C=O) groups excluding carboxylic acids is 2. The van der Waals surface area contributed by atoms with Gasteiger partial charge in [-0.05, 0) is 26.9 Å². The lowest BCUT2D eigenvalue weighted by molar-refractivity contribution is -0.161. The van der Waals surface area contributed by atoms with E-state index in [-0.39, 0.29) is 25.6 Å². The largest absolute Gasteiger partial charge is 0.472 e. The molecule has 2 atom stereocenters. The van der Waals surface area contributed by atoms with E-state index < -0.39 is 26.5 Å². The summed E-state index contributed by atoms with van der Waals surface area (Å²) in [5, 5.41) is 0. The summed E-state index contributed by atoms with van der Waals surface area (Å²) in [5.74, 6) is -0.796. The maximum absolute atomic E-state index is 12.5. The normalized spacial score (nSPS) is 13.5. The van der Waals surface area contributed by atoms with E-state index in [0.717, 1.165) is 32.1 Å². The summed E-state index contributed by atoms with van der Waals surface area (Å²) in [7, 11) is -0.697. The second kappa shape index (κ2) is 32.6. The number of unbranched alkanes of at least 4 members (excludes halogenated alkanes) is 21. The molecule has 0 aromatic carbocycles. The van der Waals surface area contributed by atoms with Crippen molar-refractivity contribution in [2.45, 2.75) is 180 Å². The fourth-order valence-electron chi connectivity index (χ4n) is 5.22. The number of carbonyl (C=O) groups is 2. The first-order chi connectivity index (χ1) is 22.2. The van der Waals surface area contributed by atoms with Crippen LogP contribution in [-0.4, -0.2) is 68.3 Å². The summed E-state index contributed by atoms with van der Waals surface area (Å²) in [6.07, 6.45) is 27.1. The number of nitrogens with zero attached hydrogens (tertiary/aromatic N) is 1. The molecule has 274 valence electrons. The van der Waals surface area contributed by atoms with Gasteiger partial charge in [0.25, 0.3) is 0 Å². The van der Waals surface area contributed by atoms with E-state index in [9.17, 15) is 19.0 Å². The van der Waals surface area contributed by atoms with E-state index in [4.69, 9.17) is 18.5 Å². The third-order valence-electron chi connectivity index (χ3n) is 8.16. The predicted molar refractivity (Wildman–Crippen MR) is 188 cm³/mol. The molecule has 0 aromatic rings. The van der Waals surface area contributed by atoms with Gasteiger partial charge in [0.05, 0.1) is 13.2 Å². The highest BCUT2D eigenvalue weighted by Gasteiger charge is 2.26. The minimum Gasteiger partial charge on any atom is -0.462 e. The van der Waals surface area contributed by atoms with Crippen molar-refractivity contribution in [3.8, 4) is 0 Å². The number of esters is 2. The quantitative estimate of drug-likeness (QED) is 0.0398. The molecular weight excluding hydrogens is 605 g/mol. The molecule has 0 aromatic heterocycles. The molecule has 0 spiro atoms. The summed E-state index contributed by atoms with van der Waals surface area (Å²) < 4.78 is 33.3. The predicted octanol–water partition coefficient (Wildman–Crippen LogP) is 9.93. The van der Waals surface area contributed by atoms with Crippen LogP contribution in [0.5, 0.6) is 0 Å². The zero-order chi connectivity index (χ0) is 34.1. The van der Waals surface area contributed by atoms with Crippen LogP contribution in [-0.2, 0) is 32.7 Å². The van der Waals surface area contributed by atoms with Gasteiger partial charge in [-0.15, -0.1) is 0 Å². The van der Waals surface area contributed by atoms with Crippen molar-refractivity contribution in [1.29, 1.82) is 0 Å². The van der Waals surface area contributed by atoms with Crippen LogP contribution in [0.3, 0.4) is 0 Å². The second-order valence-corrected chi connectivity index (χ2v) is 14.6. The molecule has 46 heavy (non-hydrogen) atoms. The van der Waals surface area contributed by atoms with Crippen LogP contribution in [0.25, 0.3) is 0 Å². The van der Waals surface area contributed by atoms with E-state index in [1.807, 2.05) is 19.0 Å². The van der Waals surface area contributed by atoms with Gasteiger partial charge in [0.1, 0.15) is 6.61 Å². The third-order valence-corrected chi connectivity index (χ3v) is 9.15. The van der Waals surface area contributed by atoms with Crippen molar-refractivity contribution < 1.29 is 37.6 Å². The van der Waals surface area contributed by atoms with Crippen LogP contribution >= 0.6 is 7.82 Å². The fraction of sp³-hybridized carbons (Fsp3) is 0.944. The standard InChI is InChI=1S/C36H72NO8P/c1-5-7-9-11-13-15-17-19-21-23-25-27-29-36(39)45-34(33-44-46(40,41)43-31-30-37(3)4)32-42-35(38)28-26-24-22-20-18-16-14-12-10-8-6-2/h34H,5-33H2,1-4H3,(H,40,41). The van der Waals surface area contributed by atoms with Crippen LogP contribution < -0.4 is 0 Å². The highest BCUT2D eigenvalue weighted by atomic mass is 31.2. The smallest absolute Gasteiger partial charge is 0.462 e. The highest BCUT2D eigenvalue weighted by Crippen LogP contribution is 2.43. The van der Waals surface area contributed by atoms with Crippen LogP contribution in [0.2, 0.25) is 0 Å². The minimum absolute atomic E-state index is 0.0120. The second-order valence-electron chi connectivity index (χ2n) is 13.1. The van der Waals surface area contributed by atoms with Gasteiger partial charge >= 0.3 is 19.8 Å². The van der Waals surface area contributed by atoms with Gasteiger partial charge in [-0.3, -0.25) is 18.6 Å². The first kappa shape index (κ1) is 45.0. The van der Waals surface area contributed by atoms with E-state index >= 15 is 0 Å². The molecule has 9 nitrogen and oxygen atoms in total. The lowest BCUT2D eigenvalue weighted by atomic mass is 10.0. The van der Waals surface area contributed by atoms with E-state index in [1.165, 1.54) is 109 Å². The monoisotopic (exact) mass is 677 g/mol. The third kappa shape index (κ3) is 32.9. The fourth-order valence-corrected chi connectivity index (χ4v) is 5.96. The molecule has 0 amide bonds. The van der Waals surface area contributed by atoms with Crippen LogP contribution in [0, 0.1) is 0 Å². The van der Waals surface area contributed by atoms with Crippen molar-refractivity contribution >= 4 is 19.8 Å². The molecule has 0 radical (unpaired) electrons. The van der Waals surface area contributed by atoms with E-state index in [2.05, 4.69) is 13.8 Å². The van der Waals surface area contributed by atoms with Gasteiger partial charge in [0.2, 0.25) is 0 Å². The Kier molecular flexibility index (Phi) is 31.9. The van der Waals surface area contributed by atoms with Gasteiger partial charge in [-0.1, -0.05) is 149 Å². The Morgan fingerprint density at radius 3 is 1.39 bits per heavy atom. The summed E-state index contributed by atoms with van der Waals surface area (Å²) in [6.45, 7) is 4.31. The molecule has 0 fully saturated rings. The van der Waals surface area contributed by atoms with Gasteiger partial charge in [0.15, 0.2) is 6.10 Å². The van der Waals surface area contributed by atoms with Crippen LogP contribution in [0.4, 0.5) is 0 Å². The Bertz CT molecular complexity index is 752. The van der Waals surface area contributed by atoms with E-state index in [1.54, 1.807) is 0 Å². The summed E-state index contributed by atoms with van der Waals surface area (Å²) in [5.41, 5.74) is 0. The highest BCUT2D eigenvalue weighted by molar-refractivity contribution is 7.47. The number of hydrogen-bond acceptors (Lipinski definition) is 8. The van der Waals surface area contributed by atoms with Crippen molar-refractivity contribution in [1.82, 2.24) is 4.90 Å². The van der Waals surface area contributed by atoms with Crippen molar-refractivity contribution in [2.24, 2.45) is 0 Å². The number of ether oxygens (including phenoxy) is 2. The van der Waals surface area contributed by atoms with Crippen molar-refractivity contribution in [3.63, 3.8) is 0 Å². The molecule has 0 heterocycles. The number of phosphoric acid groups is 1. The number of phosphoric ester groups is 1. The molecule has 1 N–H and O–H groups in total. The lowest BCUT2D eigenvalue weighted by Crippen LogP contribution is -2.29. The molecule has 0 bridgehead atoms. The first-order valence-corrected chi connectivity index (χ1v) is 20.3. The molecule has 0 aliphatic carbocycles. The van der Waals surface area contributed by atoms with Gasteiger partial charge in [-0.25, -0.2) is 4.57 Å². The molecule has 0 aliphatic heterocycles. The summed E-state index contributed by atoms with van der Waals surface area (Å²) >= 11 is 0. The number of rotatable bonds is 35. The number of likely N-dealkylation sites (N-methyl/N-ethyl adjacent to an activating group) is 1. The SMILES string of the molecule is CCCCCCCCCCCCCCC(=O)OC(COC(=O)CCCCCCCCCCCCC)COP(=O)(O)OCCN(C)C. The van der Waals surface area contributed by atoms with Gasteiger partial charge in [-0.2, -0.15) is 0 Å². The number of hydrogen-bond donors (Lipinski definition) is 1. The topological polar surface area (TPSA) is 112 Å². The molecule has 10 heteroatoms. The molecule has 0 saturated heterocycles. The molecule has 0 aliphatic rings. The Labute approximate surface area is 282 Å². The van der Waals surface area contributed by atoms with Crippen molar-refractivity contribution in [3.05, 3.63) is 0 Å². The average molecular weight is 678 g/mol. The Morgan fingerprint density at radius 2 is 0.978 bits per heavy atom. The maximum atomic E-state index is 12.5. The zero-order valence-corrected chi connectivity index (χ0v) is 31.2. The van der Waals surface area contributed by atoms with Gasteiger partial charge < -0.3 is 19.3 Å². The van der Waals surface area contributed by atoms with Crippen LogP contribution in [0.1, 0.15) is 174 Å². The van der Waals surface area contributed by atoms with E-state index in [0.29, 0.717) is 19.4 Å². The lowest BCUT2D eigenvalue weighted by Gasteiger charge is -2.20. The first-order valence-electron chi connectivity index (χ1n) is 18.8. The Morgan fingerprint density at radius 1 is 0.587 bits per heavy atom. The Balaban J connectivity index is 4.35. The van der Waals surface area contributed by atoms with Crippen molar-refractivity contribution in [2.75, 3.05) is 40.5 Å². The summed E-state index contributed by atoms with van der Waals surface area (Å²) in [6, 6.07) is 0. The molecule has 0 saturated carbocycles. The molecular formula is C36H72NO8P. The maximum Gasteiger partial charge on any atom is 0.472 e. The zero-order valence-electron chi connectivity index (χ0n) is 30.3. The average Bonchev–Trinajstić information content (AvgIpc) is 3.01. The summed E-state index contributed by atoms with van der Waals surface area (Å²) in [4.78, 5) is 36.8. The molecule has 2 unspecified atom stereocenters. The van der Waals surface area contributed by atoms with Gasteiger partial charge in [0, 0.05) is 19.4 Å².